The molecule has 0 aliphatic heterocycles. The molecule has 0 aliphatic carbocycles. The van der Waals surface area contributed by atoms with Gasteiger partial charge in [-0.1, -0.05) is 30.3 Å². The van der Waals surface area contributed by atoms with E-state index >= 15 is 0 Å². The number of carbonyl (C=O) groups is 1. The van der Waals surface area contributed by atoms with Crippen molar-refractivity contribution in [3.8, 4) is 5.75 Å². The van der Waals surface area contributed by atoms with Crippen LogP contribution in [0.5, 0.6) is 5.75 Å². The van der Waals surface area contributed by atoms with Gasteiger partial charge in [-0.05, 0) is 44.0 Å². The molecule has 1 atom stereocenters. The zero-order valence-corrected chi connectivity index (χ0v) is 16.0. The number of carbonyl (C=O) groups excluding carboxylic acids is 1. The van der Waals surface area contributed by atoms with Crippen molar-refractivity contribution in [1.82, 2.24) is 4.90 Å². The van der Waals surface area contributed by atoms with Crippen LogP contribution in [0.15, 0.2) is 57.7 Å². The molecule has 1 heterocycles. The van der Waals surface area contributed by atoms with E-state index in [0.717, 1.165) is 16.5 Å². The lowest BCUT2D eigenvalue weighted by atomic mass is 10.1. The van der Waals surface area contributed by atoms with Gasteiger partial charge in [0.1, 0.15) is 11.3 Å². The zero-order valence-electron chi connectivity index (χ0n) is 16.0. The average molecular weight is 365 g/mol. The van der Waals surface area contributed by atoms with Crippen molar-refractivity contribution in [2.75, 3.05) is 13.7 Å². The van der Waals surface area contributed by atoms with E-state index in [0.29, 0.717) is 16.9 Å². The topological polar surface area (TPSA) is 59.8 Å². The van der Waals surface area contributed by atoms with E-state index in [1.54, 1.807) is 18.0 Å². The first-order valence-electron chi connectivity index (χ1n) is 8.86. The molecule has 0 saturated carbocycles. The van der Waals surface area contributed by atoms with Gasteiger partial charge in [0.25, 0.3) is 5.91 Å². The lowest BCUT2D eigenvalue weighted by Gasteiger charge is -2.25. The molecule has 140 valence electrons. The molecule has 0 saturated heterocycles. The molecule has 3 rings (SSSR count). The van der Waals surface area contributed by atoms with Gasteiger partial charge in [-0.3, -0.25) is 4.79 Å². The Balaban J connectivity index is 1.75. The second kappa shape index (κ2) is 7.66. The molecule has 27 heavy (non-hydrogen) atoms. The van der Waals surface area contributed by atoms with Crippen LogP contribution in [0.25, 0.3) is 11.0 Å². The highest BCUT2D eigenvalue weighted by Crippen LogP contribution is 2.28. The molecular weight excluding hydrogens is 342 g/mol. The van der Waals surface area contributed by atoms with Crippen molar-refractivity contribution in [2.24, 2.45) is 0 Å². The lowest BCUT2D eigenvalue weighted by Crippen LogP contribution is -2.33. The average Bonchev–Trinajstić information content (AvgIpc) is 2.67. The minimum absolute atomic E-state index is 0.0549. The number of hydrogen-bond acceptors (Lipinski definition) is 4. The fourth-order valence-corrected chi connectivity index (χ4v) is 3.07. The summed E-state index contributed by atoms with van der Waals surface area (Å²) in [6, 6.07) is 14.9. The Morgan fingerprint density at radius 1 is 1.15 bits per heavy atom. The predicted octanol–water partition coefficient (Wildman–Crippen LogP) is 4.01. The Morgan fingerprint density at radius 2 is 1.85 bits per heavy atom. The van der Waals surface area contributed by atoms with Gasteiger partial charge in [0.2, 0.25) is 0 Å². The molecule has 0 bridgehead atoms. The number of nitrogens with zero attached hydrogens (tertiary/aromatic N) is 1. The molecule has 0 unspecified atom stereocenters. The smallest absolute Gasteiger partial charge is 0.336 e. The van der Waals surface area contributed by atoms with E-state index < -0.39 is 5.63 Å². The number of fused-ring (bicyclic) bond motifs is 1. The minimum atomic E-state index is -0.396. The summed E-state index contributed by atoms with van der Waals surface area (Å²) in [5, 5.41) is 0.862. The van der Waals surface area contributed by atoms with Crippen LogP contribution in [-0.2, 0) is 4.79 Å². The van der Waals surface area contributed by atoms with Gasteiger partial charge in [0.05, 0.1) is 6.04 Å². The van der Waals surface area contributed by atoms with Gasteiger partial charge >= 0.3 is 5.63 Å². The number of rotatable bonds is 5. The van der Waals surface area contributed by atoms with Crippen molar-refractivity contribution >= 4 is 16.9 Å². The highest BCUT2D eigenvalue weighted by atomic mass is 16.5. The standard InChI is InChI=1S/C22H23NO4/c1-14-12-21(25)27-22-15(2)19(11-10-18(14)22)26-13-20(24)23(4)16(3)17-8-6-5-7-9-17/h5-12,16H,13H2,1-4H3/t16-/m0/s1. The Labute approximate surface area is 158 Å². The number of amides is 1. The highest BCUT2D eigenvalue weighted by molar-refractivity contribution is 5.85. The van der Waals surface area contributed by atoms with Gasteiger partial charge in [-0.2, -0.15) is 0 Å². The van der Waals surface area contributed by atoms with Gasteiger partial charge < -0.3 is 14.1 Å². The van der Waals surface area contributed by atoms with E-state index in [9.17, 15) is 9.59 Å². The third kappa shape index (κ3) is 3.87. The number of aryl methyl sites for hydroxylation is 2. The Kier molecular flexibility index (Phi) is 5.31. The van der Waals surface area contributed by atoms with Gasteiger partial charge in [-0.15, -0.1) is 0 Å². The molecule has 0 spiro atoms. The molecular formula is C22H23NO4. The molecule has 0 radical (unpaired) electrons. The van der Waals surface area contributed by atoms with Crippen molar-refractivity contribution in [3.63, 3.8) is 0 Å². The molecule has 0 N–H and O–H groups in total. The quantitative estimate of drug-likeness (QED) is 0.641. The summed E-state index contributed by atoms with van der Waals surface area (Å²) < 4.78 is 11.1. The van der Waals surface area contributed by atoms with Crippen molar-refractivity contribution in [3.05, 3.63) is 75.6 Å². The highest BCUT2D eigenvalue weighted by Gasteiger charge is 2.18. The van der Waals surface area contributed by atoms with Crippen LogP contribution in [-0.4, -0.2) is 24.5 Å². The third-order valence-corrected chi connectivity index (χ3v) is 4.93. The summed E-state index contributed by atoms with van der Waals surface area (Å²) in [4.78, 5) is 25.9. The van der Waals surface area contributed by atoms with E-state index in [1.165, 1.54) is 6.07 Å². The third-order valence-electron chi connectivity index (χ3n) is 4.93. The van der Waals surface area contributed by atoms with Crippen LogP contribution in [0.1, 0.15) is 29.7 Å². The summed E-state index contributed by atoms with van der Waals surface area (Å²) in [6.07, 6.45) is 0. The molecule has 0 aliphatic rings. The van der Waals surface area contributed by atoms with Crippen LogP contribution in [0, 0.1) is 13.8 Å². The second-order valence-corrected chi connectivity index (χ2v) is 6.69. The van der Waals surface area contributed by atoms with Crippen molar-refractivity contribution < 1.29 is 13.9 Å². The maximum absolute atomic E-state index is 12.5. The molecule has 5 heteroatoms. The summed E-state index contributed by atoms with van der Waals surface area (Å²) in [5.74, 6) is 0.405. The molecule has 3 aromatic rings. The van der Waals surface area contributed by atoms with Gasteiger partial charge in [0.15, 0.2) is 6.61 Å². The summed E-state index contributed by atoms with van der Waals surface area (Å²) in [6.45, 7) is 5.57. The van der Waals surface area contributed by atoms with Crippen LogP contribution in [0.3, 0.4) is 0 Å². The minimum Gasteiger partial charge on any atom is -0.483 e. The molecule has 1 aromatic heterocycles. The van der Waals surface area contributed by atoms with Crippen LogP contribution < -0.4 is 10.4 Å². The number of likely N-dealkylation sites (N-methyl/N-ethyl adjacent to an activating group) is 1. The monoisotopic (exact) mass is 365 g/mol. The first-order valence-corrected chi connectivity index (χ1v) is 8.86. The van der Waals surface area contributed by atoms with Gasteiger partial charge in [-0.25, -0.2) is 4.79 Å². The molecule has 2 aromatic carbocycles. The molecule has 0 fully saturated rings. The zero-order chi connectivity index (χ0) is 19.6. The van der Waals surface area contributed by atoms with Crippen LogP contribution >= 0.6 is 0 Å². The lowest BCUT2D eigenvalue weighted by molar-refractivity contribution is -0.134. The second-order valence-electron chi connectivity index (χ2n) is 6.69. The number of benzene rings is 2. The maximum Gasteiger partial charge on any atom is 0.336 e. The molecule has 1 amide bonds. The maximum atomic E-state index is 12.5. The van der Waals surface area contributed by atoms with Crippen molar-refractivity contribution in [2.45, 2.75) is 26.8 Å². The predicted molar refractivity (Wildman–Crippen MR) is 105 cm³/mol. The van der Waals surface area contributed by atoms with E-state index in [1.807, 2.05) is 57.2 Å². The Morgan fingerprint density at radius 3 is 2.56 bits per heavy atom. The first-order chi connectivity index (χ1) is 12.9. The fraction of sp³-hybridized carbons (Fsp3) is 0.273. The largest absolute Gasteiger partial charge is 0.483 e. The van der Waals surface area contributed by atoms with Crippen LogP contribution in [0.2, 0.25) is 0 Å². The number of hydrogen-bond donors (Lipinski definition) is 0. The normalized spacial score (nSPS) is 12.0. The summed E-state index contributed by atoms with van der Waals surface area (Å²) >= 11 is 0. The van der Waals surface area contributed by atoms with Crippen molar-refractivity contribution in [1.29, 1.82) is 0 Å². The SMILES string of the molecule is Cc1cc(=O)oc2c(C)c(OCC(=O)N(C)[C@@H](C)c3ccccc3)ccc12. The summed E-state index contributed by atoms with van der Waals surface area (Å²) in [5.41, 5.74) is 2.72. The fourth-order valence-electron chi connectivity index (χ4n) is 3.07. The van der Waals surface area contributed by atoms with Crippen LogP contribution in [0.4, 0.5) is 0 Å². The molecule has 5 nitrogen and oxygen atoms in total. The number of ether oxygens (including phenoxy) is 1. The van der Waals surface area contributed by atoms with E-state index in [-0.39, 0.29) is 18.6 Å². The van der Waals surface area contributed by atoms with E-state index in [4.69, 9.17) is 9.15 Å². The van der Waals surface area contributed by atoms with E-state index in [2.05, 4.69) is 0 Å². The first kappa shape index (κ1) is 18.7. The Hall–Kier alpha value is -3.08. The summed E-state index contributed by atoms with van der Waals surface area (Å²) in [7, 11) is 1.76. The Bertz CT molecular complexity index is 1020. The van der Waals surface area contributed by atoms with Gasteiger partial charge in [0, 0.05) is 24.1 Å².